The molecule has 0 aliphatic heterocycles. The summed E-state index contributed by atoms with van der Waals surface area (Å²) >= 11 is 5.66. The first-order valence-corrected chi connectivity index (χ1v) is 8.56. The number of anilines is 1. The molecule has 21 heavy (non-hydrogen) atoms. The van der Waals surface area contributed by atoms with Crippen molar-refractivity contribution in [2.24, 2.45) is 0 Å². The van der Waals surface area contributed by atoms with Gasteiger partial charge in [0.1, 0.15) is 5.82 Å². The number of hydrogen-bond donors (Lipinski definition) is 1. The molecule has 0 aliphatic carbocycles. The van der Waals surface area contributed by atoms with Gasteiger partial charge in [-0.2, -0.15) is 0 Å². The highest BCUT2D eigenvalue weighted by atomic mass is 35.5. The van der Waals surface area contributed by atoms with Crippen molar-refractivity contribution in [1.29, 1.82) is 0 Å². The Hall–Kier alpha value is -1.59. The SMILES string of the molecule is CC(Nc1ccccc1S(C)(=O)=O)c1ccc(Cl)c(F)c1. The molecule has 0 heterocycles. The number of rotatable bonds is 4. The Labute approximate surface area is 128 Å². The van der Waals surface area contributed by atoms with Crippen LogP contribution in [0.1, 0.15) is 18.5 Å². The van der Waals surface area contributed by atoms with Crippen molar-refractivity contribution < 1.29 is 12.8 Å². The lowest BCUT2D eigenvalue weighted by Gasteiger charge is -2.18. The van der Waals surface area contributed by atoms with Gasteiger partial charge >= 0.3 is 0 Å². The Balaban J connectivity index is 2.32. The predicted molar refractivity (Wildman–Crippen MR) is 83.0 cm³/mol. The normalized spacial score (nSPS) is 13.0. The third-order valence-corrected chi connectivity index (χ3v) is 4.56. The van der Waals surface area contributed by atoms with Crippen LogP contribution in [0.2, 0.25) is 5.02 Å². The summed E-state index contributed by atoms with van der Waals surface area (Å²) in [6.45, 7) is 1.82. The van der Waals surface area contributed by atoms with Crippen molar-refractivity contribution in [3.63, 3.8) is 0 Å². The molecule has 112 valence electrons. The molecule has 1 unspecified atom stereocenters. The lowest BCUT2D eigenvalue weighted by atomic mass is 10.1. The van der Waals surface area contributed by atoms with Crippen LogP contribution in [0.5, 0.6) is 0 Å². The molecule has 2 aromatic rings. The van der Waals surface area contributed by atoms with Gasteiger partial charge in [0.2, 0.25) is 0 Å². The van der Waals surface area contributed by atoms with Crippen molar-refractivity contribution in [1.82, 2.24) is 0 Å². The molecule has 0 spiro atoms. The third-order valence-electron chi connectivity index (χ3n) is 3.10. The molecular weight excluding hydrogens is 313 g/mol. The van der Waals surface area contributed by atoms with E-state index >= 15 is 0 Å². The Kier molecular flexibility index (Phi) is 4.54. The van der Waals surface area contributed by atoms with Gasteiger partial charge < -0.3 is 5.32 Å². The number of sulfone groups is 1. The van der Waals surface area contributed by atoms with E-state index in [2.05, 4.69) is 5.32 Å². The lowest BCUT2D eigenvalue weighted by molar-refractivity contribution is 0.602. The molecule has 1 N–H and O–H groups in total. The van der Waals surface area contributed by atoms with Crippen molar-refractivity contribution in [3.05, 3.63) is 58.9 Å². The van der Waals surface area contributed by atoms with E-state index in [-0.39, 0.29) is 16.0 Å². The van der Waals surface area contributed by atoms with Crippen LogP contribution in [0.25, 0.3) is 0 Å². The Morgan fingerprint density at radius 1 is 1.19 bits per heavy atom. The van der Waals surface area contributed by atoms with Gasteiger partial charge in [0.05, 0.1) is 15.6 Å². The standard InChI is InChI=1S/C15H15ClFNO2S/c1-10(11-7-8-12(16)13(17)9-11)18-14-5-3-4-6-15(14)21(2,19)20/h3-10,18H,1-2H3. The molecule has 0 aromatic heterocycles. The van der Waals surface area contributed by atoms with Gasteiger partial charge in [0, 0.05) is 12.3 Å². The average Bonchev–Trinajstić information content (AvgIpc) is 2.41. The minimum atomic E-state index is -3.33. The Morgan fingerprint density at radius 2 is 1.86 bits per heavy atom. The molecule has 0 amide bonds. The molecule has 2 rings (SSSR count). The van der Waals surface area contributed by atoms with Crippen LogP contribution in [-0.2, 0) is 9.84 Å². The van der Waals surface area contributed by atoms with Crippen molar-refractivity contribution in [2.45, 2.75) is 17.9 Å². The van der Waals surface area contributed by atoms with Gasteiger partial charge in [-0.1, -0.05) is 29.8 Å². The number of hydrogen-bond acceptors (Lipinski definition) is 3. The highest BCUT2D eigenvalue weighted by molar-refractivity contribution is 7.90. The zero-order valence-electron chi connectivity index (χ0n) is 11.6. The fraction of sp³-hybridized carbons (Fsp3) is 0.200. The molecule has 0 aliphatic rings. The minimum Gasteiger partial charge on any atom is -0.377 e. The molecular formula is C15H15ClFNO2S. The topological polar surface area (TPSA) is 46.2 Å². The summed E-state index contributed by atoms with van der Waals surface area (Å²) in [6.07, 6.45) is 1.15. The van der Waals surface area contributed by atoms with Crippen molar-refractivity contribution in [3.8, 4) is 0 Å². The Bertz CT molecular complexity index is 762. The minimum absolute atomic E-state index is 0.0579. The second-order valence-electron chi connectivity index (χ2n) is 4.81. The summed E-state index contributed by atoms with van der Waals surface area (Å²) in [5.41, 5.74) is 1.17. The van der Waals surface area contributed by atoms with E-state index in [0.717, 1.165) is 6.26 Å². The average molecular weight is 328 g/mol. The van der Waals surface area contributed by atoms with Gasteiger partial charge in [0.15, 0.2) is 9.84 Å². The van der Waals surface area contributed by atoms with Gasteiger partial charge in [-0.15, -0.1) is 0 Å². The quantitative estimate of drug-likeness (QED) is 0.921. The zero-order valence-corrected chi connectivity index (χ0v) is 13.2. The summed E-state index contributed by atoms with van der Waals surface area (Å²) in [5, 5.41) is 3.15. The lowest BCUT2D eigenvalue weighted by Crippen LogP contribution is -2.10. The van der Waals surface area contributed by atoms with Crippen molar-refractivity contribution in [2.75, 3.05) is 11.6 Å². The van der Waals surface area contributed by atoms with Crippen molar-refractivity contribution >= 4 is 27.1 Å². The predicted octanol–water partition coefficient (Wildman–Crippen LogP) is 4.06. The van der Waals surface area contributed by atoms with E-state index in [9.17, 15) is 12.8 Å². The van der Waals surface area contributed by atoms with E-state index in [4.69, 9.17) is 11.6 Å². The molecule has 0 saturated carbocycles. The van der Waals surface area contributed by atoms with Gasteiger partial charge in [-0.3, -0.25) is 0 Å². The molecule has 0 saturated heterocycles. The van der Waals surface area contributed by atoms with Crippen LogP contribution in [0, 0.1) is 5.82 Å². The third kappa shape index (κ3) is 3.74. The largest absolute Gasteiger partial charge is 0.377 e. The maximum absolute atomic E-state index is 13.5. The summed E-state index contributed by atoms with van der Waals surface area (Å²) in [4.78, 5) is 0.214. The second-order valence-corrected chi connectivity index (χ2v) is 7.20. The highest BCUT2D eigenvalue weighted by Gasteiger charge is 2.15. The summed E-state index contributed by atoms with van der Waals surface area (Å²) in [7, 11) is -3.33. The fourth-order valence-electron chi connectivity index (χ4n) is 2.01. The molecule has 3 nitrogen and oxygen atoms in total. The number of halogens is 2. The first-order valence-electron chi connectivity index (χ1n) is 6.29. The van der Waals surface area contributed by atoms with Crippen LogP contribution in [0.15, 0.2) is 47.4 Å². The molecule has 2 aromatic carbocycles. The molecule has 0 radical (unpaired) electrons. The van der Waals surface area contributed by atoms with Gasteiger partial charge in [0.25, 0.3) is 0 Å². The van der Waals surface area contributed by atoms with E-state index in [1.807, 2.05) is 6.92 Å². The van der Waals surface area contributed by atoms with Crippen LogP contribution in [0.4, 0.5) is 10.1 Å². The van der Waals surface area contributed by atoms with Crippen LogP contribution in [0.3, 0.4) is 0 Å². The van der Waals surface area contributed by atoms with Crippen LogP contribution >= 0.6 is 11.6 Å². The zero-order chi connectivity index (χ0) is 15.6. The van der Waals surface area contributed by atoms with E-state index in [1.54, 1.807) is 24.3 Å². The van der Waals surface area contributed by atoms with Gasteiger partial charge in [-0.25, -0.2) is 12.8 Å². The molecule has 0 bridgehead atoms. The fourth-order valence-corrected chi connectivity index (χ4v) is 2.98. The highest BCUT2D eigenvalue weighted by Crippen LogP contribution is 2.27. The summed E-state index contributed by atoms with van der Waals surface area (Å²) in [6, 6.07) is 10.9. The summed E-state index contributed by atoms with van der Waals surface area (Å²) in [5.74, 6) is -0.501. The molecule has 6 heteroatoms. The first kappa shape index (κ1) is 15.8. The monoisotopic (exact) mass is 327 g/mol. The van der Waals surface area contributed by atoms with Crippen LogP contribution in [-0.4, -0.2) is 14.7 Å². The van der Waals surface area contributed by atoms with E-state index in [0.29, 0.717) is 11.3 Å². The van der Waals surface area contributed by atoms with Gasteiger partial charge in [-0.05, 0) is 36.8 Å². The second kappa shape index (κ2) is 6.03. The molecule has 0 fully saturated rings. The number of benzene rings is 2. The Morgan fingerprint density at radius 3 is 2.48 bits per heavy atom. The van der Waals surface area contributed by atoms with Crippen LogP contribution < -0.4 is 5.32 Å². The smallest absolute Gasteiger partial charge is 0.177 e. The summed E-state index contributed by atoms with van der Waals surface area (Å²) < 4.78 is 37.0. The maximum atomic E-state index is 13.5. The van der Waals surface area contributed by atoms with E-state index < -0.39 is 15.7 Å². The first-order chi connectivity index (χ1) is 9.79. The number of nitrogens with one attached hydrogen (secondary N) is 1. The van der Waals surface area contributed by atoms with E-state index in [1.165, 1.54) is 18.2 Å². The molecule has 1 atom stereocenters. The number of para-hydroxylation sites is 1. The maximum Gasteiger partial charge on any atom is 0.177 e.